The number of imidazole rings is 2. The summed E-state index contributed by atoms with van der Waals surface area (Å²) in [5.74, 6) is 1.26. The summed E-state index contributed by atoms with van der Waals surface area (Å²) < 4.78 is 7.78. The minimum Gasteiger partial charge on any atom is -0.387 e. The van der Waals surface area contributed by atoms with Gasteiger partial charge in [0.1, 0.15) is 36.0 Å². The molecule has 1 fully saturated rings. The molecule has 5 N–H and O–H groups in total. The number of rotatable bonds is 9. The van der Waals surface area contributed by atoms with E-state index in [0.29, 0.717) is 17.7 Å². The number of nitrogens with zero attached hydrogens (tertiary/aromatic N) is 6. The summed E-state index contributed by atoms with van der Waals surface area (Å²) in [6.45, 7) is 12.2. The van der Waals surface area contributed by atoms with Crippen molar-refractivity contribution in [2.45, 2.75) is 89.9 Å². The maximum atomic E-state index is 10.8. The number of aliphatic hydroxyl groups is 2. The predicted molar refractivity (Wildman–Crippen MR) is 150 cm³/mol. The van der Waals surface area contributed by atoms with E-state index in [4.69, 9.17) is 15.5 Å². The Morgan fingerprint density at radius 3 is 2.67 bits per heavy atom. The molecule has 1 aromatic carbocycles. The molecule has 0 aliphatic carbocycles. The smallest absolute Gasteiger partial charge is 0.167 e. The van der Waals surface area contributed by atoms with Crippen LogP contribution in [-0.2, 0) is 16.6 Å². The van der Waals surface area contributed by atoms with Crippen LogP contribution in [0.1, 0.15) is 65.1 Å². The highest BCUT2D eigenvalue weighted by molar-refractivity contribution is 5.81. The number of nitrogen functional groups attached to an aromatic ring is 1. The number of unbranched alkanes of at least 4 members (excludes halogenated alkanes) is 1. The molecule has 210 valence electrons. The van der Waals surface area contributed by atoms with E-state index in [9.17, 15) is 10.2 Å². The summed E-state index contributed by atoms with van der Waals surface area (Å²) in [4.78, 5) is 23.0. The van der Waals surface area contributed by atoms with Gasteiger partial charge in [-0.1, -0.05) is 26.8 Å². The van der Waals surface area contributed by atoms with Gasteiger partial charge >= 0.3 is 0 Å². The van der Waals surface area contributed by atoms with Gasteiger partial charge in [-0.15, -0.1) is 0 Å². The van der Waals surface area contributed by atoms with Gasteiger partial charge in [0.2, 0.25) is 0 Å². The Balaban J connectivity index is 1.18. The Labute approximate surface area is 228 Å². The van der Waals surface area contributed by atoms with Crippen LogP contribution in [0.2, 0.25) is 0 Å². The number of fused-ring (bicyclic) bond motifs is 2. The number of H-pyrrole nitrogens is 1. The van der Waals surface area contributed by atoms with Crippen LogP contribution in [0.25, 0.3) is 22.2 Å². The lowest BCUT2D eigenvalue weighted by atomic mass is 9.87. The number of hydrogen-bond acceptors (Lipinski definition) is 9. The molecule has 0 radical (unpaired) electrons. The van der Waals surface area contributed by atoms with Crippen LogP contribution >= 0.6 is 0 Å². The molecular weight excluding hydrogens is 496 g/mol. The third-order valence-electron chi connectivity index (χ3n) is 7.65. The van der Waals surface area contributed by atoms with Crippen molar-refractivity contribution in [1.29, 1.82) is 0 Å². The van der Waals surface area contributed by atoms with Gasteiger partial charge in [-0.05, 0) is 56.3 Å². The number of aromatic nitrogens is 6. The molecule has 3 aromatic heterocycles. The number of nitrogens with one attached hydrogen (secondary N) is 1. The van der Waals surface area contributed by atoms with E-state index in [1.807, 2.05) is 0 Å². The Kier molecular flexibility index (Phi) is 7.60. The molecule has 1 saturated heterocycles. The third kappa shape index (κ3) is 5.62. The SMILES string of the molecule is CC(C)N(CCCCc1nc2ccc(C(C)(C)C)cc2[nH]1)C[C@H]1OC(n2cnc3c(N)ncnc32)[C@H](O)[C@@H]1O. The first-order chi connectivity index (χ1) is 18.5. The Morgan fingerprint density at radius 1 is 1.13 bits per heavy atom. The van der Waals surface area contributed by atoms with Crippen molar-refractivity contribution in [3.63, 3.8) is 0 Å². The molecule has 0 saturated carbocycles. The average Bonchev–Trinajstić information content (AvgIpc) is 3.57. The number of aryl methyl sites for hydroxylation is 1. The molecule has 1 unspecified atom stereocenters. The van der Waals surface area contributed by atoms with E-state index < -0.39 is 24.5 Å². The minimum atomic E-state index is -1.12. The van der Waals surface area contributed by atoms with Crippen LogP contribution < -0.4 is 5.73 Å². The number of aromatic amines is 1. The van der Waals surface area contributed by atoms with Crippen LogP contribution in [0.5, 0.6) is 0 Å². The number of nitrogens with two attached hydrogens (primary N) is 1. The highest BCUT2D eigenvalue weighted by atomic mass is 16.6. The normalized spacial score (nSPS) is 22.2. The zero-order valence-corrected chi connectivity index (χ0v) is 23.4. The fourth-order valence-electron chi connectivity index (χ4n) is 5.21. The molecule has 4 heterocycles. The Morgan fingerprint density at radius 2 is 1.92 bits per heavy atom. The first-order valence-electron chi connectivity index (χ1n) is 13.7. The molecule has 11 heteroatoms. The number of benzene rings is 1. The topological polar surface area (TPSA) is 151 Å². The lowest BCUT2D eigenvalue weighted by molar-refractivity contribution is -0.0469. The lowest BCUT2D eigenvalue weighted by Crippen LogP contribution is -2.43. The van der Waals surface area contributed by atoms with Crippen LogP contribution in [0, 0.1) is 0 Å². The Hall–Kier alpha value is -3.12. The number of aliphatic hydroxyl groups excluding tert-OH is 2. The summed E-state index contributed by atoms with van der Waals surface area (Å²) >= 11 is 0. The van der Waals surface area contributed by atoms with Gasteiger partial charge in [0.25, 0.3) is 0 Å². The van der Waals surface area contributed by atoms with Crippen molar-refractivity contribution in [3.8, 4) is 0 Å². The molecule has 0 spiro atoms. The maximum Gasteiger partial charge on any atom is 0.167 e. The molecular formula is C28H40N8O3. The van der Waals surface area contributed by atoms with E-state index >= 15 is 0 Å². The average molecular weight is 537 g/mol. The van der Waals surface area contributed by atoms with Gasteiger partial charge in [0.05, 0.1) is 17.4 Å². The van der Waals surface area contributed by atoms with Crippen LogP contribution in [-0.4, -0.2) is 82.0 Å². The van der Waals surface area contributed by atoms with Gasteiger partial charge in [0.15, 0.2) is 17.7 Å². The molecule has 1 aliphatic rings. The van der Waals surface area contributed by atoms with Crippen LogP contribution in [0.3, 0.4) is 0 Å². The van der Waals surface area contributed by atoms with Gasteiger partial charge in [0, 0.05) is 19.0 Å². The fourth-order valence-corrected chi connectivity index (χ4v) is 5.21. The zero-order chi connectivity index (χ0) is 27.9. The second-order valence-electron chi connectivity index (χ2n) is 11.8. The van der Waals surface area contributed by atoms with Gasteiger partial charge in [-0.25, -0.2) is 19.9 Å². The molecule has 11 nitrogen and oxygen atoms in total. The third-order valence-corrected chi connectivity index (χ3v) is 7.65. The first kappa shape index (κ1) is 27.4. The monoisotopic (exact) mass is 536 g/mol. The predicted octanol–water partition coefficient (Wildman–Crippen LogP) is 2.93. The van der Waals surface area contributed by atoms with Gasteiger partial charge in [-0.3, -0.25) is 9.47 Å². The highest BCUT2D eigenvalue weighted by Crippen LogP contribution is 2.32. The van der Waals surface area contributed by atoms with E-state index in [1.165, 1.54) is 18.2 Å². The van der Waals surface area contributed by atoms with Crippen molar-refractivity contribution < 1.29 is 14.9 Å². The van der Waals surface area contributed by atoms with Crippen molar-refractivity contribution in [2.75, 3.05) is 18.8 Å². The van der Waals surface area contributed by atoms with Crippen LogP contribution in [0.4, 0.5) is 5.82 Å². The summed E-state index contributed by atoms with van der Waals surface area (Å²) in [5, 5.41) is 21.7. The summed E-state index contributed by atoms with van der Waals surface area (Å²) in [6.07, 6.45) is 2.15. The van der Waals surface area contributed by atoms with Crippen molar-refractivity contribution >= 4 is 28.0 Å². The summed E-state index contributed by atoms with van der Waals surface area (Å²) in [5.41, 5.74) is 10.3. The second-order valence-corrected chi connectivity index (χ2v) is 11.8. The van der Waals surface area contributed by atoms with Gasteiger partial charge in [-0.2, -0.15) is 0 Å². The van der Waals surface area contributed by atoms with Crippen molar-refractivity contribution in [1.82, 2.24) is 34.4 Å². The molecule has 4 aromatic rings. The molecule has 1 aliphatic heterocycles. The van der Waals surface area contributed by atoms with E-state index in [-0.39, 0.29) is 17.3 Å². The number of ether oxygens (including phenoxy) is 1. The second kappa shape index (κ2) is 10.8. The van der Waals surface area contributed by atoms with E-state index in [1.54, 1.807) is 4.57 Å². The van der Waals surface area contributed by atoms with E-state index in [0.717, 1.165) is 42.7 Å². The first-order valence-corrected chi connectivity index (χ1v) is 13.7. The zero-order valence-electron chi connectivity index (χ0n) is 23.4. The summed E-state index contributed by atoms with van der Waals surface area (Å²) in [6, 6.07) is 6.71. The van der Waals surface area contributed by atoms with Gasteiger partial charge < -0.3 is 25.7 Å². The highest BCUT2D eigenvalue weighted by Gasteiger charge is 2.45. The minimum absolute atomic E-state index is 0.0986. The molecule has 0 amide bonds. The number of hydrogen-bond donors (Lipinski definition) is 4. The van der Waals surface area contributed by atoms with Crippen molar-refractivity contribution in [2.24, 2.45) is 0 Å². The van der Waals surface area contributed by atoms with E-state index in [2.05, 4.69) is 77.7 Å². The van der Waals surface area contributed by atoms with Crippen molar-refractivity contribution in [3.05, 3.63) is 42.2 Å². The Bertz CT molecular complexity index is 1430. The fraction of sp³-hybridized carbons (Fsp3) is 0.571. The molecule has 4 atom stereocenters. The molecule has 5 rings (SSSR count). The maximum absolute atomic E-state index is 10.8. The molecule has 39 heavy (non-hydrogen) atoms. The standard InChI is InChI=1S/C28H40N8O3/c1-16(2)35(11-7-6-8-21-33-18-10-9-17(28(3,4)5)12-19(18)34-21)13-20-23(37)24(38)27(39-20)36-15-32-22-25(29)30-14-31-26(22)36/h9-10,12,14-16,20,23-24,27,37-38H,6-8,11,13H2,1-5H3,(H,33,34)(H2,29,30,31)/t20-,23-,24-,27?/m1/s1. The van der Waals surface area contributed by atoms with Crippen LogP contribution in [0.15, 0.2) is 30.9 Å². The quantitative estimate of drug-likeness (QED) is 0.237. The lowest BCUT2D eigenvalue weighted by Gasteiger charge is -2.30. The molecule has 0 bridgehead atoms. The number of anilines is 1. The summed E-state index contributed by atoms with van der Waals surface area (Å²) in [7, 11) is 0. The largest absolute Gasteiger partial charge is 0.387 e.